The Morgan fingerprint density at radius 2 is 1.88 bits per heavy atom. The van der Waals surface area contributed by atoms with Gasteiger partial charge in [0, 0.05) is 36.9 Å². The molecule has 0 saturated heterocycles. The highest BCUT2D eigenvalue weighted by Gasteiger charge is 2.13. The Morgan fingerprint density at radius 1 is 1.16 bits per heavy atom. The molecule has 2 aromatic rings. The highest BCUT2D eigenvalue weighted by molar-refractivity contribution is 5.63. The minimum atomic E-state index is -0.464. The van der Waals surface area contributed by atoms with Crippen LogP contribution in [0.25, 0.3) is 0 Å². The van der Waals surface area contributed by atoms with Crippen molar-refractivity contribution in [3.63, 3.8) is 0 Å². The van der Waals surface area contributed by atoms with Crippen LogP contribution in [0.1, 0.15) is 17.0 Å². The fraction of sp³-hybridized carbons (Fsp3) is 0.278. The molecule has 25 heavy (non-hydrogen) atoms. The summed E-state index contributed by atoms with van der Waals surface area (Å²) in [5.41, 5.74) is 1.68. The number of methoxy groups -OCH3 is 2. The van der Waals surface area contributed by atoms with Gasteiger partial charge in [0.1, 0.15) is 17.8 Å². The quantitative estimate of drug-likeness (QED) is 0.427. The Kier molecular flexibility index (Phi) is 6.47. The molecule has 1 N–H and O–H groups in total. The van der Waals surface area contributed by atoms with E-state index in [4.69, 9.17) is 9.47 Å². The average molecular weight is 344 g/mol. The van der Waals surface area contributed by atoms with Crippen LogP contribution in [0.3, 0.4) is 0 Å². The smallest absolute Gasteiger partial charge is 0.269 e. The maximum Gasteiger partial charge on any atom is 0.269 e. The van der Waals surface area contributed by atoms with Crippen molar-refractivity contribution in [3.05, 3.63) is 63.7 Å². The van der Waals surface area contributed by atoms with Gasteiger partial charge in [0.2, 0.25) is 0 Å². The number of ether oxygens (including phenoxy) is 2. The highest BCUT2D eigenvalue weighted by Crippen LogP contribution is 2.24. The van der Waals surface area contributed by atoms with E-state index >= 15 is 0 Å². The second-order valence-corrected chi connectivity index (χ2v) is 5.40. The molecule has 2 rings (SSSR count). The van der Waals surface area contributed by atoms with Gasteiger partial charge in [-0.05, 0) is 11.6 Å². The summed E-state index contributed by atoms with van der Waals surface area (Å²) in [5, 5.41) is 13.9. The van der Waals surface area contributed by atoms with E-state index in [9.17, 15) is 14.9 Å². The fourth-order valence-corrected chi connectivity index (χ4v) is 2.45. The Bertz CT molecular complexity index is 731. The molecule has 7 nitrogen and oxygen atoms in total. The summed E-state index contributed by atoms with van der Waals surface area (Å²) in [6.45, 7) is 0.932. The summed E-state index contributed by atoms with van der Waals surface area (Å²) in [6.07, 6.45) is 0.833. The average Bonchev–Trinajstić information content (AvgIpc) is 2.65. The standard InChI is InChI=1S/C18H20N2O5/c1-24-17-8-5-14(18(9-17)25-2)10-19-11-15(12-21)13-3-6-16(7-4-13)20(22)23/h3-9,12,15,19H,10-11H2,1-2H3. The zero-order chi connectivity index (χ0) is 18.2. The van der Waals surface area contributed by atoms with Gasteiger partial charge in [0.05, 0.1) is 25.1 Å². The summed E-state index contributed by atoms with van der Waals surface area (Å²) in [4.78, 5) is 21.6. The second-order valence-electron chi connectivity index (χ2n) is 5.40. The number of hydrogen-bond acceptors (Lipinski definition) is 6. The molecule has 0 heterocycles. The first kappa shape index (κ1) is 18.4. The van der Waals surface area contributed by atoms with E-state index in [0.29, 0.717) is 24.6 Å². The lowest BCUT2D eigenvalue weighted by molar-refractivity contribution is -0.384. The van der Waals surface area contributed by atoms with Crippen molar-refractivity contribution < 1.29 is 19.2 Å². The van der Waals surface area contributed by atoms with E-state index in [-0.39, 0.29) is 11.6 Å². The van der Waals surface area contributed by atoms with Crippen LogP contribution in [-0.4, -0.2) is 32.0 Å². The third kappa shape index (κ3) is 4.77. The van der Waals surface area contributed by atoms with Gasteiger partial charge in [-0.15, -0.1) is 0 Å². The van der Waals surface area contributed by atoms with Gasteiger partial charge in [0.15, 0.2) is 0 Å². The number of carbonyl (C=O) groups excluding carboxylic acids is 1. The lowest BCUT2D eigenvalue weighted by Gasteiger charge is -2.14. The molecule has 0 aliphatic carbocycles. The third-order valence-corrected chi connectivity index (χ3v) is 3.87. The number of nitrogens with zero attached hydrogens (tertiary/aromatic N) is 1. The number of rotatable bonds is 9. The van der Waals surface area contributed by atoms with Crippen LogP contribution in [0.4, 0.5) is 5.69 Å². The van der Waals surface area contributed by atoms with Crippen molar-refractivity contribution >= 4 is 12.0 Å². The normalized spacial score (nSPS) is 11.6. The number of nitro groups is 1. The van der Waals surface area contributed by atoms with Gasteiger partial charge in [-0.2, -0.15) is 0 Å². The first-order chi connectivity index (χ1) is 12.1. The van der Waals surface area contributed by atoms with Crippen molar-refractivity contribution in [2.24, 2.45) is 0 Å². The van der Waals surface area contributed by atoms with Crippen LogP contribution < -0.4 is 14.8 Å². The monoisotopic (exact) mass is 344 g/mol. The van der Waals surface area contributed by atoms with Crippen LogP contribution in [0.5, 0.6) is 11.5 Å². The topological polar surface area (TPSA) is 90.7 Å². The molecule has 2 aromatic carbocycles. The number of hydrogen-bond donors (Lipinski definition) is 1. The van der Waals surface area contributed by atoms with Gasteiger partial charge in [-0.1, -0.05) is 18.2 Å². The molecular formula is C18H20N2O5. The molecule has 0 radical (unpaired) electrons. The summed E-state index contributed by atoms with van der Waals surface area (Å²) in [6, 6.07) is 11.5. The van der Waals surface area contributed by atoms with Gasteiger partial charge in [-0.25, -0.2) is 0 Å². The van der Waals surface area contributed by atoms with E-state index < -0.39 is 4.92 Å². The van der Waals surface area contributed by atoms with Crippen molar-refractivity contribution in [2.75, 3.05) is 20.8 Å². The number of nitro benzene ring substituents is 1. The van der Waals surface area contributed by atoms with Crippen LogP contribution in [0.2, 0.25) is 0 Å². The Balaban J connectivity index is 1.99. The van der Waals surface area contributed by atoms with Crippen LogP contribution in [0.15, 0.2) is 42.5 Å². The molecule has 0 saturated carbocycles. The van der Waals surface area contributed by atoms with E-state index in [2.05, 4.69) is 5.32 Å². The Labute approximate surface area is 145 Å². The SMILES string of the molecule is COc1ccc(CNCC(C=O)c2ccc([N+](=O)[O-])cc2)c(OC)c1. The maximum atomic E-state index is 11.4. The minimum absolute atomic E-state index is 0.00401. The first-order valence-electron chi connectivity index (χ1n) is 7.70. The second kappa shape index (κ2) is 8.79. The molecule has 0 aromatic heterocycles. The third-order valence-electron chi connectivity index (χ3n) is 3.87. The van der Waals surface area contributed by atoms with Crippen molar-refractivity contribution in [2.45, 2.75) is 12.5 Å². The first-order valence-corrected chi connectivity index (χ1v) is 7.70. The number of aldehydes is 1. The molecule has 0 aliphatic heterocycles. The lowest BCUT2D eigenvalue weighted by atomic mass is 10.0. The predicted octanol–water partition coefficient (Wildman–Crippen LogP) is 2.68. The number of nitrogens with one attached hydrogen (secondary N) is 1. The zero-order valence-electron chi connectivity index (χ0n) is 14.1. The molecule has 0 aliphatic rings. The molecular weight excluding hydrogens is 324 g/mol. The predicted molar refractivity (Wildman–Crippen MR) is 93.2 cm³/mol. The van der Waals surface area contributed by atoms with E-state index in [1.807, 2.05) is 12.1 Å². The molecule has 1 atom stereocenters. The summed E-state index contributed by atoms with van der Waals surface area (Å²) < 4.78 is 10.5. The largest absolute Gasteiger partial charge is 0.497 e. The summed E-state index contributed by atoms with van der Waals surface area (Å²) in [5.74, 6) is 1.02. The van der Waals surface area contributed by atoms with Crippen LogP contribution >= 0.6 is 0 Å². The van der Waals surface area contributed by atoms with E-state index in [1.165, 1.54) is 12.1 Å². The van der Waals surface area contributed by atoms with Gasteiger partial charge < -0.3 is 19.6 Å². The number of carbonyl (C=O) groups is 1. The highest BCUT2D eigenvalue weighted by atomic mass is 16.6. The molecule has 0 fully saturated rings. The number of non-ortho nitro benzene ring substituents is 1. The van der Waals surface area contributed by atoms with Crippen LogP contribution in [0, 0.1) is 10.1 Å². The molecule has 0 amide bonds. The summed E-state index contributed by atoms with van der Waals surface area (Å²) in [7, 11) is 3.18. The summed E-state index contributed by atoms with van der Waals surface area (Å²) >= 11 is 0. The molecule has 1 unspecified atom stereocenters. The Morgan fingerprint density at radius 3 is 2.44 bits per heavy atom. The van der Waals surface area contributed by atoms with E-state index in [1.54, 1.807) is 32.4 Å². The number of benzene rings is 2. The minimum Gasteiger partial charge on any atom is -0.497 e. The van der Waals surface area contributed by atoms with Gasteiger partial charge in [-0.3, -0.25) is 10.1 Å². The lowest BCUT2D eigenvalue weighted by Crippen LogP contribution is -2.22. The van der Waals surface area contributed by atoms with E-state index in [0.717, 1.165) is 17.4 Å². The molecule has 132 valence electrons. The van der Waals surface area contributed by atoms with Crippen molar-refractivity contribution in [3.8, 4) is 11.5 Å². The van der Waals surface area contributed by atoms with Gasteiger partial charge in [0.25, 0.3) is 5.69 Å². The Hall–Kier alpha value is -2.93. The zero-order valence-corrected chi connectivity index (χ0v) is 14.1. The van der Waals surface area contributed by atoms with Crippen LogP contribution in [-0.2, 0) is 11.3 Å². The fourth-order valence-electron chi connectivity index (χ4n) is 2.45. The van der Waals surface area contributed by atoms with Gasteiger partial charge >= 0.3 is 0 Å². The van der Waals surface area contributed by atoms with Crippen molar-refractivity contribution in [1.82, 2.24) is 5.32 Å². The molecule has 0 bridgehead atoms. The van der Waals surface area contributed by atoms with Crippen molar-refractivity contribution in [1.29, 1.82) is 0 Å². The molecule has 7 heteroatoms. The maximum absolute atomic E-state index is 11.4. The molecule has 0 spiro atoms.